The van der Waals surface area contributed by atoms with Gasteiger partial charge >= 0.3 is 0 Å². The van der Waals surface area contributed by atoms with Crippen LogP contribution in [0.1, 0.15) is 79.6 Å². The van der Waals surface area contributed by atoms with E-state index in [1.807, 2.05) is 0 Å². The highest BCUT2D eigenvalue weighted by atomic mass is 15.5. The monoisotopic (exact) mass is 305 g/mol. The fraction of sp³-hybridized carbons (Fsp3) is 0.895. The molecule has 0 spiro atoms. The maximum Gasteiger partial charge on any atom is 0.0856 e. The second kappa shape index (κ2) is 5.98. The predicted molar refractivity (Wildman–Crippen MR) is 92.9 cm³/mol. The number of aromatic nitrogens is 3. The standard InChI is InChI=1S/C19H35N3/c1-9-15-16(22(21-20-15)18(4,5)6)12-11-14-13(3)17(14)19(7,8)10-2/h13-14,17H,9-12H2,1-8H3. The van der Waals surface area contributed by atoms with Gasteiger partial charge in [-0.2, -0.15) is 0 Å². The summed E-state index contributed by atoms with van der Waals surface area (Å²) in [6.07, 6.45) is 4.67. The predicted octanol–water partition coefficient (Wildman–Crippen LogP) is 4.85. The molecule has 0 bridgehead atoms. The van der Waals surface area contributed by atoms with Gasteiger partial charge in [-0.3, -0.25) is 0 Å². The van der Waals surface area contributed by atoms with E-state index in [4.69, 9.17) is 0 Å². The highest BCUT2D eigenvalue weighted by Crippen LogP contribution is 2.59. The van der Waals surface area contributed by atoms with Gasteiger partial charge in [0.2, 0.25) is 0 Å². The molecule has 2 rings (SSSR count). The zero-order valence-corrected chi connectivity index (χ0v) is 15.9. The Morgan fingerprint density at radius 1 is 1.09 bits per heavy atom. The van der Waals surface area contributed by atoms with Gasteiger partial charge in [0.1, 0.15) is 0 Å². The molecule has 126 valence electrons. The summed E-state index contributed by atoms with van der Waals surface area (Å²) in [4.78, 5) is 0. The van der Waals surface area contributed by atoms with Crippen molar-refractivity contribution in [1.82, 2.24) is 15.0 Å². The smallest absolute Gasteiger partial charge is 0.0856 e. The van der Waals surface area contributed by atoms with Crippen molar-refractivity contribution in [2.45, 2.75) is 86.6 Å². The summed E-state index contributed by atoms with van der Waals surface area (Å²) in [5.74, 6) is 2.64. The minimum atomic E-state index is 0.0208. The number of hydrogen-bond donors (Lipinski definition) is 0. The van der Waals surface area contributed by atoms with Gasteiger partial charge in [-0.1, -0.05) is 46.3 Å². The maximum atomic E-state index is 4.43. The molecule has 3 nitrogen and oxygen atoms in total. The van der Waals surface area contributed by atoms with Crippen LogP contribution in [0.4, 0.5) is 0 Å². The number of hydrogen-bond acceptors (Lipinski definition) is 2. The van der Waals surface area contributed by atoms with Crippen LogP contribution < -0.4 is 0 Å². The summed E-state index contributed by atoms with van der Waals surface area (Å²) in [5, 5.41) is 8.84. The van der Waals surface area contributed by atoms with Crippen molar-refractivity contribution in [3.63, 3.8) is 0 Å². The molecule has 3 atom stereocenters. The van der Waals surface area contributed by atoms with E-state index in [1.54, 1.807) is 0 Å². The Hall–Kier alpha value is -0.860. The molecular formula is C19H35N3. The molecule has 3 heteroatoms. The summed E-state index contributed by atoms with van der Waals surface area (Å²) in [7, 11) is 0. The van der Waals surface area contributed by atoms with Crippen LogP contribution in [-0.4, -0.2) is 15.0 Å². The van der Waals surface area contributed by atoms with Crippen LogP contribution in [0, 0.1) is 23.2 Å². The largest absolute Gasteiger partial charge is 0.244 e. The molecule has 1 aliphatic carbocycles. The van der Waals surface area contributed by atoms with Crippen LogP contribution in [0.25, 0.3) is 0 Å². The minimum absolute atomic E-state index is 0.0208. The van der Waals surface area contributed by atoms with Crippen molar-refractivity contribution in [2.24, 2.45) is 23.2 Å². The van der Waals surface area contributed by atoms with E-state index in [9.17, 15) is 0 Å². The highest BCUT2D eigenvalue weighted by Gasteiger charge is 2.53. The topological polar surface area (TPSA) is 30.7 Å². The van der Waals surface area contributed by atoms with Gasteiger partial charge in [0.15, 0.2) is 0 Å². The summed E-state index contributed by atoms with van der Waals surface area (Å²) in [6, 6.07) is 0. The van der Waals surface area contributed by atoms with Gasteiger partial charge in [0.05, 0.1) is 16.9 Å². The molecule has 1 aromatic heterocycles. The van der Waals surface area contributed by atoms with Crippen molar-refractivity contribution < 1.29 is 0 Å². The summed E-state index contributed by atoms with van der Waals surface area (Å²) >= 11 is 0. The van der Waals surface area contributed by atoms with Gasteiger partial charge in [0.25, 0.3) is 0 Å². The van der Waals surface area contributed by atoms with Crippen LogP contribution in [0.5, 0.6) is 0 Å². The van der Waals surface area contributed by atoms with Gasteiger partial charge in [-0.05, 0) is 63.2 Å². The molecule has 0 radical (unpaired) electrons. The van der Waals surface area contributed by atoms with Crippen molar-refractivity contribution in [3.05, 3.63) is 11.4 Å². The first-order valence-corrected chi connectivity index (χ1v) is 9.07. The third-order valence-electron chi connectivity index (χ3n) is 5.90. The van der Waals surface area contributed by atoms with E-state index in [-0.39, 0.29) is 5.54 Å². The molecule has 1 heterocycles. The summed E-state index contributed by atoms with van der Waals surface area (Å²) in [5.41, 5.74) is 3.06. The Bertz CT molecular complexity index is 507. The van der Waals surface area contributed by atoms with E-state index in [1.165, 1.54) is 24.2 Å². The number of aryl methyl sites for hydroxylation is 1. The van der Waals surface area contributed by atoms with Crippen LogP contribution in [0.15, 0.2) is 0 Å². The van der Waals surface area contributed by atoms with Crippen LogP contribution in [-0.2, 0) is 18.4 Å². The Morgan fingerprint density at radius 3 is 2.23 bits per heavy atom. The maximum absolute atomic E-state index is 4.43. The molecule has 1 fully saturated rings. The lowest BCUT2D eigenvalue weighted by Gasteiger charge is -2.24. The lowest BCUT2D eigenvalue weighted by Crippen LogP contribution is -2.26. The fourth-order valence-corrected chi connectivity index (χ4v) is 4.21. The molecule has 0 saturated heterocycles. The van der Waals surface area contributed by atoms with Crippen molar-refractivity contribution >= 4 is 0 Å². The lowest BCUT2D eigenvalue weighted by molar-refractivity contribution is 0.268. The average Bonchev–Trinajstić information content (AvgIpc) is 2.90. The zero-order chi connectivity index (χ0) is 16.7. The number of nitrogens with zero attached hydrogens (tertiary/aromatic N) is 3. The first kappa shape index (κ1) is 17.5. The normalized spacial score (nSPS) is 25.5. The molecular weight excluding hydrogens is 270 g/mol. The molecule has 3 unspecified atom stereocenters. The van der Waals surface area contributed by atoms with E-state index >= 15 is 0 Å². The molecule has 0 amide bonds. The first-order chi connectivity index (χ1) is 10.1. The van der Waals surface area contributed by atoms with E-state index < -0.39 is 0 Å². The molecule has 0 aromatic carbocycles. The lowest BCUT2D eigenvalue weighted by atomic mass is 9.82. The Kier molecular flexibility index (Phi) is 4.75. The Morgan fingerprint density at radius 2 is 1.73 bits per heavy atom. The SMILES string of the molecule is CCc1nnn(C(C)(C)C)c1CCC1C(C)C1C(C)(C)CC. The fourth-order valence-electron chi connectivity index (χ4n) is 4.21. The molecule has 1 aromatic rings. The Balaban J connectivity index is 2.09. The van der Waals surface area contributed by atoms with Gasteiger partial charge in [0, 0.05) is 0 Å². The van der Waals surface area contributed by atoms with Gasteiger partial charge in [-0.15, -0.1) is 5.10 Å². The van der Waals surface area contributed by atoms with Gasteiger partial charge < -0.3 is 0 Å². The third kappa shape index (κ3) is 3.23. The molecule has 0 aliphatic heterocycles. The molecule has 22 heavy (non-hydrogen) atoms. The van der Waals surface area contributed by atoms with E-state index in [2.05, 4.69) is 70.4 Å². The quantitative estimate of drug-likeness (QED) is 0.752. The van der Waals surface area contributed by atoms with Crippen molar-refractivity contribution in [3.8, 4) is 0 Å². The van der Waals surface area contributed by atoms with Crippen LogP contribution in [0.2, 0.25) is 0 Å². The van der Waals surface area contributed by atoms with E-state index in [0.29, 0.717) is 5.41 Å². The zero-order valence-electron chi connectivity index (χ0n) is 15.9. The third-order valence-corrected chi connectivity index (χ3v) is 5.90. The Labute approximate surface area is 136 Å². The van der Waals surface area contributed by atoms with Crippen molar-refractivity contribution in [1.29, 1.82) is 0 Å². The van der Waals surface area contributed by atoms with E-state index in [0.717, 1.165) is 30.6 Å². The first-order valence-electron chi connectivity index (χ1n) is 9.07. The molecule has 1 saturated carbocycles. The number of rotatable bonds is 6. The van der Waals surface area contributed by atoms with Crippen molar-refractivity contribution in [2.75, 3.05) is 0 Å². The molecule has 1 aliphatic rings. The van der Waals surface area contributed by atoms with Crippen LogP contribution >= 0.6 is 0 Å². The van der Waals surface area contributed by atoms with Gasteiger partial charge in [-0.25, -0.2) is 4.68 Å². The minimum Gasteiger partial charge on any atom is -0.244 e. The average molecular weight is 306 g/mol. The molecule has 0 N–H and O–H groups in total. The second-order valence-electron chi connectivity index (χ2n) is 8.85. The summed E-state index contributed by atoms with van der Waals surface area (Å²) in [6.45, 7) is 18.5. The van der Waals surface area contributed by atoms with Crippen LogP contribution in [0.3, 0.4) is 0 Å². The summed E-state index contributed by atoms with van der Waals surface area (Å²) < 4.78 is 2.15. The highest BCUT2D eigenvalue weighted by molar-refractivity contribution is 5.13. The second-order valence-corrected chi connectivity index (χ2v) is 8.85.